The molecule has 0 fully saturated rings. The SMILES string of the molecule is Cc1nc(Oc2ccccc2)nc(C)c1NS(=O)(=O)c1ccc2ccccc2c1. The molecule has 1 aromatic heterocycles. The van der Waals surface area contributed by atoms with Crippen LogP contribution < -0.4 is 9.46 Å². The third kappa shape index (κ3) is 4.05. The molecular weight excluding hydrogens is 386 g/mol. The molecule has 0 aliphatic heterocycles. The van der Waals surface area contributed by atoms with Crippen LogP contribution in [0.2, 0.25) is 0 Å². The standard InChI is InChI=1S/C22H19N3O3S/c1-15-21(16(2)24-22(23-15)28-19-10-4-3-5-11-19)25-29(26,27)20-13-12-17-8-6-7-9-18(17)14-20/h3-14,25H,1-2H3. The van der Waals surface area contributed by atoms with Gasteiger partial charge < -0.3 is 4.74 Å². The first-order valence-corrected chi connectivity index (χ1v) is 10.5. The monoisotopic (exact) mass is 405 g/mol. The number of hydrogen-bond donors (Lipinski definition) is 1. The second-order valence-electron chi connectivity index (χ2n) is 6.58. The summed E-state index contributed by atoms with van der Waals surface area (Å²) in [7, 11) is -3.79. The molecule has 0 unspecified atom stereocenters. The smallest absolute Gasteiger partial charge is 0.322 e. The van der Waals surface area contributed by atoms with Gasteiger partial charge in [-0.15, -0.1) is 0 Å². The normalized spacial score (nSPS) is 11.4. The summed E-state index contributed by atoms with van der Waals surface area (Å²) in [6.07, 6.45) is 0. The van der Waals surface area contributed by atoms with E-state index in [0.29, 0.717) is 22.8 Å². The minimum atomic E-state index is -3.79. The van der Waals surface area contributed by atoms with Crippen LogP contribution in [-0.4, -0.2) is 18.4 Å². The second-order valence-corrected chi connectivity index (χ2v) is 8.26. The quantitative estimate of drug-likeness (QED) is 0.514. The minimum absolute atomic E-state index is 0.167. The first-order chi connectivity index (χ1) is 13.9. The van der Waals surface area contributed by atoms with Crippen molar-refractivity contribution in [2.45, 2.75) is 18.7 Å². The van der Waals surface area contributed by atoms with Crippen LogP contribution in [0, 0.1) is 13.8 Å². The molecule has 3 aromatic carbocycles. The number of ether oxygens (including phenoxy) is 1. The number of nitrogens with one attached hydrogen (secondary N) is 1. The Labute approximate surface area is 169 Å². The Bertz CT molecular complexity index is 1270. The van der Waals surface area contributed by atoms with Gasteiger partial charge in [0.25, 0.3) is 10.0 Å². The molecule has 29 heavy (non-hydrogen) atoms. The molecular formula is C22H19N3O3S. The van der Waals surface area contributed by atoms with Crippen LogP contribution in [-0.2, 0) is 10.0 Å². The topological polar surface area (TPSA) is 81.2 Å². The zero-order chi connectivity index (χ0) is 20.4. The summed E-state index contributed by atoms with van der Waals surface area (Å²) < 4.78 is 34.1. The lowest BCUT2D eigenvalue weighted by Crippen LogP contribution is -2.16. The molecule has 7 heteroatoms. The molecule has 0 atom stereocenters. The van der Waals surface area contributed by atoms with E-state index in [1.165, 1.54) is 0 Å². The molecule has 0 aliphatic rings. The first kappa shape index (κ1) is 18.9. The molecule has 4 rings (SSSR count). The molecule has 1 N–H and O–H groups in total. The van der Waals surface area contributed by atoms with Gasteiger partial charge in [0.05, 0.1) is 22.0 Å². The fourth-order valence-corrected chi connectivity index (χ4v) is 4.21. The van der Waals surface area contributed by atoms with E-state index >= 15 is 0 Å². The van der Waals surface area contributed by atoms with Crippen LogP contribution in [0.3, 0.4) is 0 Å². The van der Waals surface area contributed by atoms with Gasteiger partial charge in [0, 0.05) is 0 Å². The van der Waals surface area contributed by atoms with Gasteiger partial charge in [-0.3, -0.25) is 4.72 Å². The third-order valence-corrected chi connectivity index (χ3v) is 5.82. The number of aromatic nitrogens is 2. The van der Waals surface area contributed by atoms with Crippen molar-refractivity contribution in [1.29, 1.82) is 0 Å². The highest BCUT2D eigenvalue weighted by atomic mass is 32.2. The number of sulfonamides is 1. The van der Waals surface area contributed by atoms with Crippen molar-refractivity contribution in [3.05, 3.63) is 84.2 Å². The first-order valence-electron chi connectivity index (χ1n) is 9.02. The van der Waals surface area contributed by atoms with Crippen molar-refractivity contribution < 1.29 is 13.2 Å². The number of hydrogen-bond acceptors (Lipinski definition) is 5. The summed E-state index contributed by atoms with van der Waals surface area (Å²) >= 11 is 0. The lowest BCUT2D eigenvalue weighted by molar-refractivity contribution is 0.439. The Morgan fingerprint density at radius 1 is 0.793 bits per heavy atom. The van der Waals surface area contributed by atoms with Crippen molar-refractivity contribution in [3.63, 3.8) is 0 Å². The molecule has 0 spiro atoms. The highest BCUT2D eigenvalue weighted by Crippen LogP contribution is 2.26. The van der Waals surface area contributed by atoms with Crippen LogP contribution >= 0.6 is 0 Å². The van der Waals surface area contributed by atoms with Gasteiger partial charge in [0.1, 0.15) is 5.75 Å². The van der Waals surface area contributed by atoms with E-state index in [1.807, 2.05) is 42.5 Å². The van der Waals surface area contributed by atoms with Crippen molar-refractivity contribution in [3.8, 4) is 11.8 Å². The number of para-hydroxylation sites is 1. The molecule has 0 bridgehead atoms. The van der Waals surface area contributed by atoms with Gasteiger partial charge in [-0.2, -0.15) is 9.97 Å². The van der Waals surface area contributed by atoms with E-state index in [0.717, 1.165) is 10.8 Å². The highest BCUT2D eigenvalue weighted by Gasteiger charge is 2.19. The van der Waals surface area contributed by atoms with Gasteiger partial charge >= 0.3 is 6.01 Å². The molecule has 0 amide bonds. The van der Waals surface area contributed by atoms with Gasteiger partial charge in [-0.25, -0.2) is 8.42 Å². The van der Waals surface area contributed by atoms with Crippen molar-refractivity contribution in [2.75, 3.05) is 4.72 Å². The third-order valence-electron chi connectivity index (χ3n) is 4.47. The van der Waals surface area contributed by atoms with Crippen LogP contribution in [0.1, 0.15) is 11.4 Å². The molecule has 146 valence electrons. The summed E-state index contributed by atoms with van der Waals surface area (Å²) in [4.78, 5) is 8.77. The maximum absolute atomic E-state index is 12.9. The largest absolute Gasteiger partial charge is 0.424 e. The van der Waals surface area contributed by atoms with Crippen LogP contribution in [0.25, 0.3) is 10.8 Å². The number of rotatable bonds is 5. The van der Waals surface area contributed by atoms with E-state index in [2.05, 4.69) is 14.7 Å². The van der Waals surface area contributed by atoms with Gasteiger partial charge in [0.15, 0.2) is 0 Å². The van der Waals surface area contributed by atoms with E-state index in [9.17, 15) is 8.42 Å². The van der Waals surface area contributed by atoms with Crippen LogP contribution in [0.5, 0.6) is 11.8 Å². The average Bonchev–Trinajstić information content (AvgIpc) is 2.71. The molecule has 0 radical (unpaired) electrons. The zero-order valence-electron chi connectivity index (χ0n) is 16.0. The van der Waals surface area contributed by atoms with Gasteiger partial charge in [-0.1, -0.05) is 48.5 Å². The lowest BCUT2D eigenvalue weighted by atomic mass is 10.1. The Hall–Kier alpha value is -3.45. The number of benzene rings is 3. The van der Waals surface area contributed by atoms with Crippen molar-refractivity contribution in [2.24, 2.45) is 0 Å². The van der Waals surface area contributed by atoms with E-state index in [1.54, 1.807) is 44.2 Å². The van der Waals surface area contributed by atoms with E-state index in [-0.39, 0.29) is 10.9 Å². The van der Waals surface area contributed by atoms with Crippen molar-refractivity contribution >= 4 is 26.5 Å². The minimum Gasteiger partial charge on any atom is -0.424 e. The highest BCUT2D eigenvalue weighted by molar-refractivity contribution is 7.92. The Morgan fingerprint density at radius 2 is 1.41 bits per heavy atom. The summed E-state index contributed by atoms with van der Waals surface area (Å²) in [5.41, 5.74) is 1.30. The van der Waals surface area contributed by atoms with Gasteiger partial charge in [0.2, 0.25) is 0 Å². The summed E-state index contributed by atoms with van der Waals surface area (Å²) in [5.74, 6) is 0.607. The Kier molecular flexibility index (Phi) is 4.90. The molecule has 0 saturated carbocycles. The summed E-state index contributed by atoms with van der Waals surface area (Å²) in [6, 6.07) is 22.0. The summed E-state index contributed by atoms with van der Waals surface area (Å²) in [6.45, 7) is 3.43. The Balaban J connectivity index is 1.63. The van der Waals surface area contributed by atoms with E-state index < -0.39 is 10.0 Å². The number of nitrogens with zero attached hydrogens (tertiary/aromatic N) is 2. The maximum atomic E-state index is 12.9. The van der Waals surface area contributed by atoms with E-state index in [4.69, 9.17) is 4.74 Å². The molecule has 0 saturated heterocycles. The van der Waals surface area contributed by atoms with Crippen LogP contribution in [0.15, 0.2) is 77.7 Å². The molecule has 1 heterocycles. The molecule has 6 nitrogen and oxygen atoms in total. The second kappa shape index (κ2) is 7.52. The lowest BCUT2D eigenvalue weighted by Gasteiger charge is -2.14. The molecule has 4 aromatic rings. The fourth-order valence-electron chi connectivity index (χ4n) is 3.00. The predicted molar refractivity (Wildman–Crippen MR) is 113 cm³/mol. The fraction of sp³-hybridized carbons (Fsp3) is 0.0909. The number of aryl methyl sites for hydroxylation is 2. The predicted octanol–water partition coefficient (Wildman–Crippen LogP) is 4.84. The maximum Gasteiger partial charge on any atom is 0.322 e. The van der Waals surface area contributed by atoms with Crippen LogP contribution in [0.4, 0.5) is 5.69 Å². The number of anilines is 1. The number of fused-ring (bicyclic) bond motifs is 1. The summed E-state index contributed by atoms with van der Waals surface area (Å²) in [5, 5.41) is 1.83. The zero-order valence-corrected chi connectivity index (χ0v) is 16.8. The Morgan fingerprint density at radius 3 is 2.10 bits per heavy atom. The molecule has 0 aliphatic carbocycles. The average molecular weight is 405 g/mol. The van der Waals surface area contributed by atoms with Crippen molar-refractivity contribution in [1.82, 2.24) is 9.97 Å². The van der Waals surface area contributed by atoms with Gasteiger partial charge in [-0.05, 0) is 48.9 Å².